The number of aryl methyl sites for hydroxylation is 2. The van der Waals surface area contributed by atoms with E-state index >= 15 is 0 Å². The summed E-state index contributed by atoms with van der Waals surface area (Å²) in [6.45, 7) is 3.99. The van der Waals surface area contributed by atoms with Gasteiger partial charge in [-0.2, -0.15) is 0 Å². The lowest BCUT2D eigenvalue weighted by Gasteiger charge is -2.06. The first-order valence-electron chi connectivity index (χ1n) is 7.15. The van der Waals surface area contributed by atoms with Gasteiger partial charge in [0.2, 0.25) is 0 Å². The van der Waals surface area contributed by atoms with Crippen LogP contribution in [0.4, 0.5) is 5.69 Å². The molecule has 3 heteroatoms. The van der Waals surface area contributed by atoms with Crippen LogP contribution in [0.25, 0.3) is 0 Å². The number of furan rings is 1. The van der Waals surface area contributed by atoms with Gasteiger partial charge in [0.1, 0.15) is 5.76 Å². The Balaban J connectivity index is 1.93. The number of rotatable bonds is 6. The van der Waals surface area contributed by atoms with Gasteiger partial charge in [-0.1, -0.05) is 31.9 Å². The predicted octanol–water partition coefficient (Wildman–Crippen LogP) is 4.57. The zero-order valence-electron chi connectivity index (χ0n) is 12.1. The fraction of sp³-hybridized carbons (Fsp3) is 0.353. The molecule has 0 spiro atoms. The van der Waals surface area contributed by atoms with Crippen LogP contribution in [-0.4, -0.2) is 5.91 Å². The van der Waals surface area contributed by atoms with Gasteiger partial charge in [-0.25, -0.2) is 0 Å². The highest BCUT2D eigenvalue weighted by molar-refractivity contribution is 6.04. The molecule has 1 N–H and O–H groups in total. The molecule has 0 atom stereocenters. The molecule has 1 heterocycles. The first-order chi connectivity index (χ1) is 9.70. The van der Waals surface area contributed by atoms with Gasteiger partial charge >= 0.3 is 0 Å². The summed E-state index contributed by atoms with van der Waals surface area (Å²) in [5.74, 6) is 0.508. The van der Waals surface area contributed by atoms with Crippen molar-refractivity contribution in [2.45, 2.75) is 39.5 Å². The van der Waals surface area contributed by atoms with Crippen LogP contribution in [0.2, 0.25) is 0 Å². The fourth-order valence-corrected chi connectivity index (χ4v) is 2.15. The minimum Gasteiger partial charge on any atom is -0.469 e. The molecule has 1 aromatic carbocycles. The highest BCUT2D eigenvalue weighted by Crippen LogP contribution is 2.15. The van der Waals surface area contributed by atoms with Crippen molar-refractivity contribution in [3.63, 3.8) is 0 Å². The Labute approximate surface area is 120 Å². The Kier molecular flexibility index (Phi) is 4.99. The van der Waals surface area contributed by atoms with E-state index in [9.17, 15) is 4.79 Å². The van der Waals surface area contributed by atoms with E-state index in [1.165, 1.54) is 31.1 Å². The molecular formula is C17H21NO2. The van der Waals surface area contributed by atoms with Crippen molar-refractivity contribution in [1.29, 1.82) is 0 Å². The summed E-state index contributed by atoms with van der Waals surface area (Å²) in [4.78, 5) is 12.0. The average Bonchev–Trinajstić information content (AvgIpc) is 2.87. The van der Waals surface area contributed by atoms with E-state index in [-0.39, 0.29) is 5.91 Å². The van der Waals surface area contributed by atoms with Crippen molar-refractivity contribution in [2.75, 3.05) is 5.32 Å². The normalized spacial score (nSPS) is 10.5. The quantitative estimate of drug-likeness (QED) is 0.782. The second kappa shape index (κ2) is 6.94. The standard InChI is InChI=1S/C17H21NO2/c1-3-4-5-6-14-7-9-15(10-8-14)18-17(19)16-11-12-20-13(16)2/h7-12H,3-6H2,1-2H3,(H,18,19). The molecule has 1 amide bonds. The monoisotopic (exact) mass is 271 g/mol. The Bertz CT molecular complexity index is 555. The van der Waals surface area contributed by atoms with Gasteiger partial charge in [-0.15, -0.1) is 0 Å². The maximum atomic E-state index is 12.0. The first kappa shape index (κ1) is 14.4. The fourth-order valence-electron chi connectivity index (χ4n) is 2.15. The molecule has 0 unspecified atom stereocenters. The molecule has 0 fully saturated rings. The maximum Gasteiger partial charge on any atom is 0.259 e. The van der Waals surface area contributed by atoms with Gasteiger partial charge in [0.25, 0.3) is 5.91 Å². The number of anilines is 1. The van der Waals surface area contributed by atoms with Crippen LogP contribution in [0.3, 0.4) is 0 Å². The summed E-state index contributed by atoms with van der Waals surface area (Å²) in [6, 6.07) is 9.74. The second-order valence-electron chi connectivity index (χ2n) is 5.00. The zero-order chi connectivity index (χ0) is 14.4. The van der Waals surface area contributed by atoms with Crippen molar-refractivity contribution >= 4 is 11.6 Å². The number of hydrogen-bond donors (Lipinski definition) is 1. The molecule has 0 aliphatic carbocycles. The predicted molar refractivity (Wildman–Crippen MR) is 81.1 cm³/mol. The third-order valence-electron chi connectivity index (χ3n) is 3.38. The van der Waals surface area contributed by atoms with Gasteiger partial charge in [-0.3, -0.25) is 4.79 Å². The topological polar surface area (TPSA) is 42.2 Å². The van der Waals surface area contributed by atoms with Crippen molar-refractivity contribution < 1.29 is 9.21 Å². The SMILES string of the molecule is CCCCCc1ccc(NC(=O)c2ccoc2C)cc1. The Hall–Kier alpha value is -2.03. The van der Waals surface area contributed by atoms with Crippen molar-refractivity contribution in [1.82, 2.24) is 0 Å². The van der Waals surface area contributed by atoms with Crippen LogP contribution in [0.15, 0.2) is 41.0 Å². The Morgan fingerprint density at radius 1 is 1.15 bits per heavy atom. The minimum absolute atomic E-state index is 0.130. The van der Waals surface area contributed by atoms with Crippen LogP contribution in [0, 0.1) is 6.92 Å². The molecule has 3 nitrogen and oxygen atoms in total. The van der Waals surface area contributed by atoms with Crippen LogP contribution >= 0.6 is 0 Å². The van der Waals surface area contributed by atoms with Gasteiger partial charge < -0.3 is 9.73 Å². The highest BCUT2D eigenvalue weighted by Gasteiger charge is 2.11. The van der Waals surface area contributed by atoms with E-state index in [2.05, 4.69) is 24.4 Å². The molecular weight excluding hydrogens is 250 g/mol. The molecule has 0 saturated heterocycles. The van der Waals surface area contributed by atoms with Crippen LogP contribution < -0.4 is 5.32 Å². The van der Waals surface area contributed by atoms with Gasteiger partial charge in [0.15, 0.2) is 0 Å². The third kappa shape index (κ3) is 3.73. The lowest BCUT2D eigenvalue weighted by atomic mass is 10.1. The van der Waals surface area contributed by atoms with E-state index in [1.54, 1.807) is 13.0 Å². The molecule has 0 saturated carbocycles. The summed E-state index contributed by atoms with van der Waals surface area (Å²) in [7, 11) is 0. The summed E-state index contributed by atoms with van der Waals surface area (Å²) >= 11 is 0. The zero-order valence-corrected chi connectivity index (χ0v) is 12.1. The largest absolute Gasteiger partial charge is 0.469 e. The maximum absolute atomic E-state index is 12.0. The number of carbonyl (C=O) groups is 1. The Morgan fingerprint density at radius 2 is 1.90 bits per heavy atom. The smallest absolute Gasteiger partial charge is 0.259 e. The van der Waals surface area contributed by atoms with E-state index in [4.69, 9.17) is 4.42 Å². The van der Waals surface area contributed by atoms with Crippen molar-refractivity contribution in [3.05, 3.63) is 53.5 Å². The number of nitrogens with one attached hydrogen (secondary N) is 1. The van der Waals surface area contributed by atoms with E-state index in [1.807, 2.05) is 12.1 Å². The lowest BCUT2D eigenvalue weighted by molar-refractivity contribution is 0.102. The first-order valence-corrected chi connectivity index (χ1v) is 7.15. The minimum atomic E-state index is -0.130. The number of benzene rings is 1. The van der Waals surface area contributed by atoms with E-state index in [0.29, 0.717) is 11.3 Å². The average molecular weight is 271 g/mol. The number of hydrogen-bond acceptors (Lipinski definition) is 2. The third-order valence-corrected chi connectivity index (χ3v) is 3.38. The Morgan fingerprint density at radius 3 is 2.50 bits per heavy atom. The van der Waals surface area contributed by atoms with Crippen LogP contribution in [-0.2, 0) is 6.42 Å². The second-order valence-corrected chi connectivity index (χ2v) is 5.00. The van der Waals surface area contributed by atoms with Crippen LogP contribution in [0.5, 0.6) is 0 Å². The van der Waals surface area contributed by atoms with Gasteiger partial charge in [0.05, 0.1) is 11.8 Å². The summed E-state index contributed by atoms with van der Waals surface area (Å²) in [5.41, 5.74) is 2.71. The number of amides is 1. The molecule has 2 aromatic rings. The van der Waals surface area contributed by atoms with Gasteiger partial charge in [0, 0.05) is 5.69 Å². The van der Waals surface area contributed by atoms with Crippen molar-refractivity contribution in [2.24, 2.45) is 0 Å². The molecule has 1 aromatic heterocycles. The molecule has 106 valence electrons. The molecule has 0 aliphatic heterocycles. The molecule has 2 rings (SSSR count). The number of carbonyl (C=O) groups excluding carboxylic acids is 1. The van der Waals surface area contributed by atoms with Gasteiger partial charge in [-0.05, 0) is 43.5 Å². The molecule has 20 heavy (non-hydrogen) atoms. The molecule has 0 bridgehead atoms. The summed E-state index contributed by atoms with van der Waals surface area (Å²) < 4.78 is 5.14. The highest BCUT2D eigenvalue weighted by atomic mass is 16.3. The van der Waals surface area contributed by atoms with E-state index < -0.39 is 0 Å². The van der Waals surface area contributed by atoms with E-state index in [0.717, 1.165) is 12.1 Å². The molecule has 0 aliphatic rings. The molecule has 0 radical (unpaired) electrons. The summed E-state index contributed by atoms with van der Waals surface area (Å²) in [6.07, 6.45) is 6.34. The number of unbranched alkanes of at least 4 members (excludes halogenated alkanes) is 2. The van der Waals surface area contributed by atoms with Crippen LogP contribution in [0.1, 0.15) is 47.9 Å². The lowest BCUT2D eigenvalue weighted by Crippen LogP contribution is -2.11. The summed E-state index contributed by atoms with van der Waals surface area (Å²) in [5, 5.41) is 2.88. The van der Waals surface area contributed by atoms with Crippen molar-refractivity contribution in [3.8, 4) is 0 Å².